The molecule has 140 valence electrons. The predicted molar refractivity (Wildman–Crippen MR) is 93.3 cm³/mol. The molecule has 0 spiro atoms. The molecule has 0 saturated carbocycles. The average molecular weight is 516 g/mol. The molecule has 2 aromatic rings. The highest BCUT2D eigenvalue weighted by molar-refractivity contribution is 9.18. The molecule has 0 unspecified atom stereocenters. The Hall–Kier alpha value is -1.82. The Morgan fingerprint density at radius 3 is 1.89 bits per heavy atom. The molecule has 0 saturated heterocycles. The van der Waals surface area contributed by atoms with Gasteiger partial charge in [-0.1, -0.05) is 0 Å². The number of benzene rings is 1. The van der Waals surface area contributed by atoms with Crippen LogP contribution in [-0.4, -0.2) is 16.5 Å². The lowest BCUT2D eigenvalue weighted by Crippen LogP contribution is -2.18. The van der Waals surface area contributed by atoms with E-state index in [0.29, 0.717) is 4.48 Å². The Labute approximate surface area is 164 Å². The van der Waals surface area contributed by atoms with Crippen LogP contribution in [0, 0.1) is 29.1 Å². The summed E-state index contributed by atoms with van der Waals surface area (Å²) in [5.41, 5.74) is -2.80. The van der Waals surface area contributed by atoms with Crippen LogP contribution in [0.15, 0.2) is 39.6 Å². The first-order chi connectivity index (χ1) is 12.6. The molecule has 0 atom stereocenters. The van der Waals surface area contributed by atoms with Crippen LogP contribution >= 0.6 is 31.9 Å². The van der Waals surface area contributed by atoms with Crippen molar-refractivity contribution in [1.82, 2.24) is 4.48 Å². The number of nitrogens with zero attached hydrogens (tertiary/aromatic N) is 2. The first-order valence-electron chi connectivity index (χ1n) is 6.98. The lowest BCUT2D eigenvalue weighted by molar-refractivity contribution is 0.376. The van der Waals surface area contributed by atoms with Crippen molar-refractivity contribution < 1.29 is 30.6 Å². The summed E-state index contributed by atoms with van der Waals surface area (Å²) < 4.78 is 96.8. The second-order valence-corrected chi connectivity index (χ2v) is 6.79. The van der Waals surface area contributed by atoms with Crippen molar-refractivity contribution in [2.24, 2.45) is 4.99 Å². The van der Waals surface area contributed by atoms with Crippen LogP contribution in [0.4, 0.5) is 30.6 Å². The van der Waals surface area contributed by atoms with Crippen LogP contribution in [-0.2, 0) is 0 Å². The highest BCUT2D eigenvalue weighted by atomic mass is 79.9. The molecule has 1 aliphatic heterocycles. The molecule has 0 radical (unpaired) electrons. The minimum atomic E-state index is -3.17. The van der Waals surface area contributed by atoms with E-state index in [4.69, 9.17) is 0 Å². The fraction of sp³-hybridized carbons (Fsp3) is 0. The van der Waals surface area contributed by atoms with Gasteiger partial charge in [-0.2, -0.15) is 0 Å². The average Bonchev–Trinajstić information content (AvgIpc) is 3.21. The van der Waals surface area contributed by atoms with E-state index in [2.05, 4.69) is 36.9 Å². The molecule has 3 rings (SSSR count). The Balaban J connectivity index is 2.46. The number of aromatic nitrogens is 1. The highest BCUT2D eigenvalue weighted by Gasteiger charge is 2.33. The van der Waals surface area contributed by atoms with E-state index < -0.39 is 53.3 Å². The molecule has 27 heavy (non-hydrogen) atoms. The van der Waals surface area contributed by atoms with Crippen LogP contribution in [0.3, 0.4) is 0 Å². The summed E-state index contributed by atoms with van der Waals surface area (Å²) in [5.74, 6) is -11.0. The number of hydrogen-bond acceptors (Lipinski definition) is 1. The quantitative estimate of drug-likeness (QED) is 0.211. The van der Waals surface area contributed by atoms with Crippen molar-refractivity contribution in [3.05, 3.63) is 74.9 Å². The number of aliphatic imine (C=N–C) groups is 1. The number of hydrogen-bond donors (Lipinski definition) is 0. The van der Waals surface area contributed by atoms with Crippen LogP contribution in [0.5, 0.6) is 0 Å². The van der Waals surface area contributed by atoms with Gasteiger partial charge >= 0.3 is 7.40 Å². The molecule has 0 fully saturated rings. The van der Waals surface area contributed by atoms with Crippen molar-refractivity contribution in [2.45, 2.75) is 0 Å². The maximum Gasteiger partial charge on any atom is 0.678 e. The molecule has 1 aromatic carbocycles. The molecule has 1 aliphatic rings. The van der Waals surface area contributed by atoms with E-state index in [0.717, 1.165) is 12.1 Å². The number of halogens is 9. The Bertz CT molecular complexity index is 1010. The van der Waals surface area contributed by atoms with Gasteiger partial charge in [0.05, 0.1) is 15.9 Å². The highest BCUT2D eigenvalue weighted by Crippen LogP contribution is 2.38. The Morgan fingerprint density at radius 2 is 1.41 bits per heavy atom. The first kappa shape index (κ1) is 19.9. The summed E-state index contributed by atoms with van der Waals surface area (Å²) >= 11 is 5.85. The number of allylic oxidation sites excluding steroid dienone is 2. The molecule has 0 amide bonds. The van der Waals surface area contributed by atoms with Gasteiger partial charge in [0.25, 0.3) is 0 Å². The Kier molecular flexibility index (Phi) is 5.39. The van der Waals surface area contributed by atoms with E-state index in [1.165, 1.54) is 12.2 Å². The molecule has 12 heteroatoms. The van der Waals surface area contributed by atoms with Gasteiger partial charge in [-0.3, -0.25) is 8.63 Å². The normalized spacial score (nSPS) is 15.4. The minimum Gasteiger partial charge on any atom is -0.319 e. The second-order valence-electron chi connectivity index (χ2n) is 5.16. The van der Waals surface area contributed by atoms with Crippen LogP contribution in [0.1, 0.15) is 11.3 Å². The van der Waals surface area contributed by atoms with E-state index in [-0.39, 0.29) is 14.9 Å². The maximum atomic E-state index is 14.4. The third kappa shape index (κ3) is 3.29. The lowest BCUT2D eigenvalue weighted by atomic mass is 9.97. The maximum absolute atomic E-state index is 14.4. The molecule has 0 N–H and O–H groups in total. The monoisotopic (exact) mass is 514 g/mol. The molecule has 0 bridgehead atoms. The molecular formula is C15H4BBr2F7N2. The van der Waals surface area contributed by atoms with Gasteiger partial charge in [-0.25, -0.2) is 26.9 Å². The van der Waals surface area contributed by atoms with Gasteiger partial charge < -0.3 is 4.48 Å². The minimum absolute atomic E-state index is 0.167. The van der Waals surface area contributed by atoms with Gasteiger partial charge in [0.2, 0.25) is 5.82 Å². The van der Waals surface area contributed by atoms with Gasteiger partial charge in [-0.05, 0) is 56.1 Å². The molecular weight excluding hydrogens is 512 g/mol. The zero-order valence-corrected chi connectivity index (χ0v) is 15.9. The molecule has 1 aromatic heterocycles. The van der Waals surface area contributed by atoms with Crippen molar-refractivity contribution in [1.29, 1.82) is 0 Å². The summed E-state index contributed by atoms with van der Waals surface area (Å²) in [7, 11) is -3.17. The summed E-state index contributed by atoms with van der Waals surface area (Å²) in [6.07, 6.45) is 2.51. The van der Waals surface area contributed by atoms with Crippen molar-refractivity contribution in [3.8, 4) is 0 Å². The summed E-state index contributed by atoms with van der Waals surface area (Å²) in [6, 6.07) is 2.19. The van der Waals surface area contributed by atoms with Crippen LogP contribution < -0.4 is 0 Å². The molecule has 0 aliphatic carbocycles. The Morgan fingerprint density at radius 1 is 0.852 bits per heavy atom. The third-order valence-corrected chi connectivity index (χ3v) is 4.73. The van der Waals surface area contributed by atoms with Crippen molar-refractivity contribution >= 4 is 49.5 Å². The molecule has 2 nitrogen and oxygen atoms in total. The van der Waals surface area contributed by atoms with Crippen molar-refractivity contribution in [2.75, 3.05) is 0 Å². The first-order valence-corrected chi connectivity index (χ1v) is 8.57. The van der Waals surface area contributed by atoms with Gasteiger partial charge in [-0.15, -0.1) is 0 Å². The van der Waals surface area contributed by atoms with Gasteiger partial charge in [0.1, 0.15) is 4.62 Å². The zero-order valence-electron chi connectivity index (χ0n) is 12.7. The van der Waals surface area contributed by atoms with Crippen molar-refractivity contribution in [3.63, 3.8) is 0 Å². The summed E-state index contributed by atoms with van der Waals surface area (Å²) in [6.45, 7) is 0. The molecule has 2 heterocycles. The standard InChI is InChI=1S/C15H4BBr2F7N2/c17-7-3-1-5(26-7)9(6-2-4-8(18)27(6)16(24)25)10-11(19)13(21)15(23)14(22)12(10)20/h1-4H/b9-5+. The predicted octanol–water partition coefficient (Wildman–Crippen LogP) is 5.84. The number of rotatable bonds is 3. The smallest absolute Gasteiger partial charge is 0.319 e. The topological polar surface area (TPSA) is 17.3 Å². The van der Waals surface area contributed by atoms with Gasteiger partial charge in [0.15, 0.2) is 23.3 Å². The SMILES string of the molecule is FB(F)n1c(Br)ccc1/C(=C1/C=CC(Br)=N1)c1c(F)c(F)c(F)c(F)c1F. The largest absolute Gasteiger partial charge is 0.678 e. The lowest BCUT2D eigenvalue weighted by Gasteiger charge is -2.16. The third-order valence-electron chi connectivity index (χ3n) is 3.64. The van der Waals surface area contributed by atoms with Gasteiger partial charge in [0, 0.05) is 11.3 Å². The summed E-state index contributed by atoms with van der Waals surface area (Å²) in [5, 5.41) is 0. The van der Waals surface area contributed by atoms with Crippen LogP contribution in [0.2, 0.25) is 0 Å². The second kappa shape index (κ2) is 7.31. The fourth-order valence-electron chi connectivity index (χ4n) is 2.51. The zero-order chi connectivity index (χ0) is 20.0. The summed E-state index contributed by atoms with van der Waals surface area (Å²) in [4.78, 5) is 3.87. The fourth-order valence-corrected chi connectivity index (χ4v) is 3.31. The van der Waals surface area contributed by atoms with E-state index in [1.807, 2.05) is 0 Å². The van der Waals surface area contributed by atoms with Crippen LogP contribution in [0.25, 0.3) is 5.57 Å². The van der Waals surface area contributed by atoms with E-state index in [9.17, 15) is 30.6 Å². The van der Waals surface area contributed by atoms with E-state index in [1.54, 1.807) is 0 Å². The van der Waals surface area contributed by atoms with E-state index >= 15 is 0 Å².